The van der Waals surface area contributed by atoms with Crippen LogP contribution < -0.4 is 0 Å². The Bertz CT molecular complexity index is 480. The number of hydrogen-bond acceptors (Lipinski definition) is 2. The molecule has 1 aromatic heterocycles. The molecule has 3 fully saturated rings. The summed E-state index contributed by atoms with van der Waals surface area (Å²) in [4.78, 5) is 0. The molecule has 1 aromatic rings. The van der Waals surface area contributed by atoms with Gasteiger partial charge in [-0.2, -0.15) is 5.10 Å². The maximum Gasteiger partial charge on any atom is 0.111 e. The maximum absolute atomic E-state index is 11.2. The molecule has 18 heavy (non-hydrogen) atoms. The van der Waals surface area contributed by atoms with Gasteiger partial charge >= 0.3 is 0 Å². The summed E-state index contributed by atoms with van der Waals surface area (Å²) >= 11 is 6.25. The van der Waals surface area contributed by atoms with Gasteiger partial charge in [0.1, 0.15) is 5.60 Å². The van der Waals surface area contributed by atoms with Crippen LogP contribution in [0.2, 0.25) is 5.02 Å². The van der Waals surface area contributed by atoms with Crippen molar-refractivity contribution in [3.8, 4) is 0 Å². The molecule has 0 radical (unpaired) electrons. The average molecular weight is 267 g/mol. The normalized spacial score (nSPS) is 45.7. The first-order valence-corrected chi connectivity index (χ1v) is 7.39. The molecule has 5 atom stereocenters. The van der Waals surface area contributed by atoms with E-state index in [1.807, 2.05) is 7.05 Å². The minimum absolute atomic E-state index is 0.405. The van der Waals surface area contributed by atoms with Crippen LogP contribution in [0.3, 0.4) is 0 Å². The van der Waals surface area contributed by atoms with Gasteiger partial charge < -0.3 is 5.11 Å². The Balaban J connectivity index is 1.78. The smallest absolute Gasteiger partial charge is 0.111 e. The number of aliphatic hydroxyl groups is 1. The first kappa shape index (κ1) is 11.3. The van der Waals surface area contributed by atoms with Gasteiger partial charge in [-0.15, -0.1) is 0 Å². The fourth-order valence-corrected chi connectivity index (χ4v) is 5.61. The molecule has 1 heterocycles. The lowest BCUT2D eigenvalue weighted by Gasteiger charge is -2.39. The van der Waals surface area contributed by atoms with E-state index in [4.69, 9.17) is 11.6 Å². The van der Waals surface area contributed by atoms with Gasteiger partial charge in [-0.25, -0.2) is 0 Å². The highest BCUT2D eigenvalue weighted by atomic mass is 35.5. The number of fused-ring (bicyclic) bond motifs is 5. The molecule has 3 nitrogen and oxygen atoms in total. The van der Waals surface area contributed by atoms with Crippen LogP contribution in [0.25, 0.3) is 0 Å². The molecule has 3 aliphatic carbocycles. The van der Waals surface area contributed by atoms with Crippen molar-refractivity contribution in [3.63, 3.8) is 0 Å². The molecular weight excluding hydrogens is 248 g/mol. The molecule has 0 aromatic carbocycles. The molecule has 98 valence electrons. The summed E-state index contributed by atoms with van der Waals surface area (Å²) in [5, 5.41) is 16.0. The van der Waals surface area contributed by atoms with E-state index < -0.39 is 5.60 Å². The quantitative estimate of drug-likeness (QED) is 0.849. The molecule has 4 heteroatoms. The fraction of sp³-hybridized carbons (Fsp3) is 0.786. The van der Waals surface area contributed by atoms with Gasteiger partial charge in [0.05, 0.1) is 16.9 Å². The van der Waals surface area contributed by atoms with Crippen molar-refractivity contribution >= 4 is 11.6 Å². The number of rotatable bonds is 1. The van der Waals surface area contributed by atoms with Crippen LogP contribution in [-0.4, -0.2) is 14.9 Å². The third kappa shape index (κ3) is 1.22. The summed E-state index contributed by atoms with van der Waals surface area (Å²) in [5.74, 6) is 2.71. The zero-order chi connectivity index (χ0) is 12.5. The van der Waals surface area contributed by atoms with Crippen molar-refractivity contribution < 1.29 is 5.11 Å². The molecule has 0 aliphatic heterocycles. The SMILES string of the molecule is Cn1ncc(Cl)c1C1(O)CC2CC1C1CCCC21. The largest absolute Gasteiger partial charge is 0.383 e. The van der Waals surface area contributed by atoms with E-state index in [1.54, 1.807) is 10.9 Å². The van der Waals surface area contributed by atoms with Crippen LogP contribution in [-0.2, 0) is 12.6 Å². The zero-order valence-corrected chi connectivity index (χ0v) is 11.4. The second-order valence-corrected chi connectivity index (χ2v) is 6.86. The van der Waals surface area contributed by atoms with Crippen LogP contribution in [0, 0.1) is 23.7 Å². The Hall–Kier alpha value is -0.540. The molecule has 0 amide bonds. The predicted molar refractivity (Wildman–Crippen MR) is 69.2 cm³/mol. The van der Waals surface area contributed by atoms with E-state index in [0.717, 1.165) is 24.0 Å². The van der Waals surface area contributed by atoms with E-state index in [0.29, 0.717) is 16.9 Å². The van der Waals surface area contributed by atoms with E-state index in [1.165, 1.54) is 25.7 Å². The van der Waals surface area contributed by atoms with Crippen LogP contribution in [0.5, 0.6) is 0 Å². The highest BCUT2D eigenvalue weighted by molar-refractivity contribution is 6.31. The highest BCUT2D eigenvalue weighted by Gasteiger charge is 2.62. The van der Waals surface area contributed by atoms with Gasteiger partial charge in [-0.1, -0.05) is 18.0 Å². The molecule has 2 bridgehead atoms. The van der Waals surface area contributed by atoms with Crippen molar-refractivity contribution in [2.45, 2.75) is 37.7 Å². The lowest BCUT2D eigenvalue weighted by Crippen LogP contribution is -2.40. The lowest BCUT2D eigenvalue weighted by molar-refractivity contribution is -0.0571. The molecular formula is C14H19ClN2O. The van der Waals surface area contributed by atoms with Gasteiger partial charge in [0.2, 0.25) is 0 Å². The van der Waals surface area contributed by atoms with Crippen molar-refractivity contribution in [2.24, 2.45) is 30.7 Å². The van der Waals surface area contributed by atoms with Crippen LogP contribution >= 0.6 is 11.6 Å². The van der Waals surface area contributed by atoms with Crippen molar-refractivity contribution in [2.75, 3.05) is 0 Å². The van der Waals surface area contributed by atoms with Crippen LogP contribution in [0.15, 0.2) is 6.20 Å². The van der Waals surface area contributed by atoms with Gasteiger partial charge in [-0.05, 0) is 49.4 Å². The third-order valence-corrected chi connectivity index (χ3v) is 6.07. The second kappa shape index (κ2) is 3.51. The molecule has 5 unspecified atom stereocenters. The van der Waals surface area contributed by atoms with Gasteiger partial charge in [0.15, 0.2) is 0 Å². The number of nitrogens with zero attached hydrogens (tertiary/aromatic N) is 2. The number of halogens is 1. The molecule has 0 spiro atoms. The lowest BCUT2D eigenvalue weighted by atomic mass is 9.71. The Morgan fingerprint density at radius 1 is 1.44 bits per heavy atom. The first-order chi connectivity index (χ1) is 8.61. The molecule has 3 aliphatic rings. The van der Waals surface area contributed by atoms with E-state index in [9.17, 15) is 5.11 Å². The summed E-state index contributed by atoms with van der Waals surface area (Å²) in [7, 11) is 1.89. The fourth-order valence-electron chi connectivity index (χ4n) is 5.28. The minimum Gasteiger partial charge on any atom is -0.383 e. The summed E-state index contributed by atoms with van der Waals surface area (Å²) in [6.07, 6.45) is 7.75. The van der Waals surface area contributed by atoms with Gasteiger partial charge in [-0.3, -0.25) is 4.68 Å². The molecule has 0 saturated heterocycles. The van der Waals surface area contributed by atoms with Crippen LogP contribution in [0.1, 0.15) is 37.8 Å². The summed E-state index contributed by atoms with van der Waals surface area (Å²) in [6.45, 7) is 0. The standard InChI is InChI=1S/C14H19ClN2O/c1-17-13(12(15)7-16-17)14(18)6-8-5-11(14)10-4-2-3-9(8)10/h7-11,18H,2-6H2,1H3. The van der Waals surface area contributed by atoms with E-state index in [2.05, 4.69) is 5.10 Å². The zero-order valence-electron chi connectivity index (χ0n) is 10.6. The Morgan fingerprint density at radius 2 is 2.22 bits per heavy atom. The first-order valence-electron chi connectivity index (χ1n) is 7.01. The average Bonchev–Trinajstić information content (AvgIpc) is 2.99. The topological polar surface area (TPSA) is 38.0 Å². The Morgan fingerprint density at radius 3 is 2.94 bits per heavy atom. The van der Waals surface area contributed by atoms with E-state index in [-0.39, 0.29) is 0 Å². The molecule has 1 N–H and O–H groups in total. The minimum atomic E-state index is -0.724. The summed E-state index contributed by atoms with van der Waals surface area (Å²) in [6, 6.07) is 0. The summed E-state index contributed by atoms with van der Waals surface area (Å²) in [5.41, 5.74) is 0.125. The number of aromatic nitrogens is 2. The Kier molecular flexibility index (Phi) is 2.21. The molecule has 4 rings (SSSR count). The van der Waals surface area contributed by atoms with Crippen molar-refractivity contribution in [3.05, 3.63) is 16.9 Å². The van der Waals surface area contributed by atoms with E-state index >= 15 is 0 Å². The predicted octanol–water partition coefficient (Wildman–Crippen LogP) is 2.72. The number of hydrogen-bond donors (Lipinski definition) is 1. The maximum atomic E-state index is 11.2. The Labute approximate surface area is 112 Å². The highest BCUT2D eigenvalue weighted by Crippen LogP contribution is 2.65. The van der Waals surface area contributed by atoms with Crippen molar-refractivity contribution in [1.82, 2.24) is 9.78 Å². The number of aryl methyl sites for hydroxylation is 1. The van der Waals surface area contributed by atoms with Crippen molar-refractivity contribution in [1.29, 1.82) is 0 Å². The van der Waals surface area contributed by atoms with Gasteiger partial charge in [0.25, 0.3) is 0 Å². The monoisotopic (exact) mass is 266 g/mol. The summed E-state index contributed by atoms with van der Waals surface area (Å²) < 4.78 is 1.77. The van der Waals surface area contributed by atoms with Crippen LogP contribution in [0.4, 0.5) is 0 Å². The second-order valence-electron chi connectivity index (χ2n) is 6.45. The van der Waals surface area contributed by atoms with Gasteiger partial charge in [0, 0.05) is 7.05 Å². The third-order valence-electron chi connectivity index (χ3n) is 5.79. The molecule has 3 saturated carbocycles.